The van der Waals surface area contributed by atoms with E-state index in [1.54, 1.807) is 19.1 Å². The molecule has 1 aromatic carbocycles. The van der Waals surface area contributed by atoms with Crippen LogP contribution in [-0.2, 0) is 9.53 Å². The van der Waals surface area contributed by atoms with Crippen molar-refractivity contribution < 1.29 is 19.4 Å². The average molecular weight is 348 g/mol. The Labute approximate surface area is 139 Å². The number of hydrogen-bond acceptors (Lipinski definition) is 4. The molecule has 0 saturated carbocycles. The number of halogens is 2. The monoisotopic (exact) mass is 347 g/mol. The number of hydrogen-bond donors (Lipinski definition) is 1. The molecule has 22 heavy (non-hydrogen) atoms. The van der Waals surface area contributed by atoms with Crippen LogP contribution in [0.5, 0.6) is 0 Å². The number of carbonyl (C=O) groups excluding carboxylic acids is 2. The number of ether oxygens (including phenoxy) is 1. The van der Waals surface area contributed by atoms with Gasteiger partial charge in [-0.1, -0.05) is 23.2 Å². The van der Waals surface area contributed by atoms with Gasteiger partial charge in [0.15, 0.2) is 0 Å². The van der Waals surface area contributed by atoms with Crippen molar-refractivity contribution in [2.75, 3.05) is 26.3 Å². The van der Waals surface area contributed by atoms with Crippen LogP contribution in [0, 0.1) is 0 Å². The van der Waals surface area contributed by atoms with Gasteiger partial charge in [-0.2, -0.15) is 0 Å². The van der Waals surface area contributed by atoms with Gasteiger partial charge in [-0.15, -0.1) is 0 Å². The molecular weight excluding hydrogens is 329 g/mol. The van der Waals surface area contributed by atoms with Gasteiger partial charge in [0.2, 0.25) is 0 Å². The number of nitrogens with zero attached hydrogens (tertiary/aromatic N) is 1. The summed E-state index contributed by atoms with van der Waals surface area (Å²) in [6.07, 6.45) is 0.530. The lowest BCUT2D eigenvalue weighted by Crippen LogP contribution is -2.34. The summed E-state index contributed by atoms with van der Waals surface area (Å²) < 4.78 is 4.85. The number of amides is 1. The van der Waals surface area contributed by atoms with Crippen LogP contribution in [0.2, 0.25) is 10.0 Å². The van der Waals surface area contributed by atoms with Gasteiger partial charge in [0, 0.05) is 25.3 Å². The molecule has 0 aliphatic rings. The summed E-state index contributed by atoms with van der Waals surface area (Å²) in [6, 6.07) is 4.61. The van der Waals surface area contributed by atoms with Gasteiger partial charge in [-0.05, 0) is 31.5 Å². The SMILES string of the molecule is CCOC(=O)CCN(CCCO)C(=O)c1ccc(Cl)c(Cl)c1. The molecule has 0 saturated heterocycles. The molecule has 0 radical (unpaired) electrons. The number of carbonyl (C=O) groups is 2. The van der Waals surface area contributed by atoms with Gasteiger partial charge >= 0.3 is 5.97 Å². The highest BCUT2D eigenvalue weighted by molar-refractivity contribution is 6.42. The Morgan fingerprint density at radius 3 is 2.55 bits per heavy atom. The molecule has 0 fully saturated rings. The highest BCUT2D eigenvalue weighted by Crippen LogP contribution is 2.23. The standard InChI is InChI=1S/C15H19Cl2NO4/c1-2-22-14(20)6-8-18(7-3-9-19)15(21)11-4-5-12(16)13(17)10-11/h4-5,10,19H,2-3,6-9H2,1H3. The van der Waals surface area contributed by atoms with E-state index in [2.05, 4.69) is 0 Å². The number of aliphatic hydroxyl groups excluding tert-OH is 1. The van der Waals surface area contributed by atoms with E-state index in [1.807, 2.05) is 0 Å². The largest absolute Gasteiger partial charge is 0.466 e. The molecular formula is C15H19Cl2NO4. The van der Waals surface area contributed by atoms with E-state index in [0.717, 1.165) is 0 Å². The van der Waals surface area contributed by atoms with E-state index < -0.39 is 0 Å². The summed E-state index contributed by atoms with van der Waals surface area (Å²) in [4.78, 5) is 25.4. The summed E-state index contributed by atoms with van der Waals surface area (Å²) in [5, 5.41) is 9.60. The third-order valence-corrected chi connectivity index (χ3v) is 3.67. The van der Waals surface area contributed by atoms with E-state index >= 15 is 0 Å². The summed E-state index contributed by atoms with van der Waals surface area (Å²) in [6.45, 7) is 2.55. The van der Waals surface area contributed by atoms with Crippen LogP contribution in [0.25, 0.3) is 0 Å². The second-order valence-electron chi connectivity index (χ2n) is 4.55. The molecule has 0 aromatic heterocycles. The summed E-state index contributed by atoms with van der Waals surface area (Å²) in [5.74, 6) is -0.630. The first-order chi connectivity index (χ1) is 10.5. The molecule has 7 heteroatoms. The fourth-order valence-corrected chi connectivity index (χ4v) is 2.15. The molecule has 0 spiro atoms. The van der Waals surface area contributed by atoms with Crippen LogP contribution < -0.4 is 0 Å². The molecule has 0 heterocycles. The van der Waals surface area contributed by atoms with Gasteiger partial charge in [-0.25, -0.2) is 0 Å². The second kappa shape index (κ2) is 9.66. The predicted molar refractivity (Wildman–Crippen MR) is 85.3 cm³/mol. The number of rotatable bonds is 8. The maximum absolute atomic E-state index is 12.5. The third kappa shape index (κ3) is 5.83. The first kappa shape index (κ1) is 18.7. The minimum Gasteiger partial charge on any atom is -0.466 e. The van der Waals surface area contributed by atoms with Gasteiger partial charge in [-0.3, -0.25) is 9.59 Å². The maximum Gasteiger partial charge on any atom is 0.307 e. The van der Waals surface area contributed by atoms with Crippen LogP contribution in [0.1, 0.15) is 30.1 Å². The van der Waals surface area contributed by atoms with Crippen molar-refractivity contribution in [1.82, 2.24) is 4.90 Å². The maximum atomic E-state index is 12.5. The quantitative estimate of drug-likeness (QED) is 0.734. The van der Waals surface area contributed by atoms with E-state index in [9.17, 15) is 9.59 Å². The third-order valence-electron chi connectivity index (χ3n) is 2.93. The Balaban J connectivity index is 2.78. The van der Waals surface area contributed by atoms with Crippen molar-refractivity contribution in [3.63, 3.8) is 0 Å². The minimum absolute atomic E-state index is 0.0371. The van der Waals surface area contributed by atoms with Crippen molar-refractivity contribution >= 4 is 35.1 Å². The number of aliphatic hydroxyl groups is 1. The molecule has 122 valence electrons. The van der Waals surface area contributed by atoms with Crippen LogP contribution in [0.15, 0.2) is 18.2 Å². The van der Waals surface area contributed by atoms with E-state index in [0.29, 0.717) is 35.2 Å². The predicted octanol–water partition coefficient (Wildman–Crippen LogP) is 2.77. The molecule has 1 rings (SSSR count). The lowest BCUT2D eigenvalue weighted by atomic mass is 10.2. The number of esters is 1. The van der Waals surface area contributed by atoms with Gasteiger partial charge in [0.1, 0.15) is 0 Å². The normalized spacial score (nSPS) is 10.4. The zero-order valence-corrected chi connectivity index (χ0v) is 13.9. The van der Waals surface area contributed by atoms with E-state index in [1.165, 1.54) is 11.0 Å². The highest BCUT2D eigenvalue weighted by atomic mass is 35.5. The molecule has 1 amide bonds. The van der Waals surface area contributed by atoms with Crippen LogP contribution >= 0.6 is 23.2 Å². The molecule has 0 atom stereocenters. The van der Waals surface area contributed by atoms with Crippen LogP contribution in [-0.4, -0.2) is 48.2 Å². The molecule has 0 aliphatic carbocycles. The fourth-order valence-electron chi connectivity index (χ4n) is 1.85. The molecule has 0 aliphatic heterocycles. The first-order valence-electron chi connectivity index (χ1n) is 7.00. The van der Waals surface area contributed by atoms with Gasteiger partial charge in [0.25, 0.3) is 5.91 Å². The fraction of sp³-hybridized carbons (Fsp3) is 0.467. The summed E-state index contributed by atoms with van der Waals surface area (Å²) >= 11 is 11.8. The van der Waals surface area contributed by atoms with E-state index in [4.69, 9.17) is 33.0 Å². The molecule has 0 unspecified atom stereocenters. The summed E-state index contributed by atoms with van der Waals surface area (Å²) in [7, 11) is 0. The Kier molecular flexibility index (Phi) is 8.24. The zero-order chi connectivity index (χ0) is 16.5. The minimum atomic E-state index is -0.363. The smallest absolute Gasteiger partial charge is 0.307 e. The van der Waals surface area contributed by atoms with E-state index in [-0.39, 0.29) is 31.4 Å². The van der Waals surface area contributed by atoms with Crippen molar-refractivity contribution in [3.05, 3.63) is 33.8 Å². The van der Waals surface area contributed by atoms with Crippen LogP contribution in [0.3, 0.4) is 0 Å². The van der Waals surface area contributed by atoms with Crippen molar-refractivity contribution in [1.29, 1.82) is 0 Å². The second-order valence-corrected chi connectivity index (χ2v) is 5.37. The highest BCUT2D eigenvalue weighted by Gasteiger charge is 2.18. The van der Waals surface area contributed by atoms with Gasteiger partial charge < -0.3 is 14.7 Å². The Hall–Kier alpha value is -1.30. The molecule has 1 aromatic rings. The lowest BCUT2D eigenvalue weighted by molar-refractivity contribution is -0.143. The van der Waals surface area contributed by atoms with Crippen molar-refractivity contribution in [3.8, 4) is 0 Å². The Bertz CT molecular complexity index is 522. The average Bonchev–Trinajstić information content (AvgIpc) is 2.50. The summed E-state index contributed by atoms with van der Waals surface area (Å²) in [5.41, 5.74) is 0.385. The number of benzene rings is 1. The Morgan fingerprint density at radius 1 is 1.23 bits per heavy atom. The Morgan fingerprint density at radius 2 is 1.95 bits per heavy atom. The van der Waals surface area contributed by atoms with Crippen molar-refractivity contribution in [2.45, 2.75) is 19.8 Å². The lowest BCUT2D eigenvalue weighted by Gasteiger charge is -2.22. The van der Waals surface area contributed by atoms with Crippen molar-refractivity contribution in [2.24, 2.45) is 0 Å². The molecule has 1 N–H and O–H groups in total. The topological polar surface area (TPSA) is 66.8 Å². The zero-order valence-electron chi connectivity index (χ0n) is 12.3. The molecule has 0 bridgehead atoms. The molecule has 5 nitrogen and oxygen atoms in total. The van der Waals surface area contributed by atoms with Gasteiger partial charge in [0.05, 0.1) is 23.1 Å². The first-order valence-corrected chi connectivity index (χ1v) is 7.76. The van der Waals surface area contributed by atoms with Crippen LogP contribution in [0.4, 0.5) is 0 Å².